The molecule has 4 aromatic rings. The molecule has 0 saturated heterocycles. The second-order valence-corrected chi connectivity index (χ2v) is 11.1. The minimum absolute atomic E-state index is 0.375. The third-order valence-corrected chi connectivity index (χ3v) is 8.93. The molecule has 2 aliphatic rings. The van der Waals surface area contributed by atoms with Crippen LogP contribution in [0.5, 0.6) is 0 Å². The number of benzene rings is 3. The van der Waals surface area contributed by atoms with Gasteiger partial charge in [-0.05, 0) is 34.9 Å². The van der Waals surface area contributed by atoms with Crippen LogP contribution in [0, 0.1) is 0 Å². The fourth-order valence-electron chi connectivity index (χ4n) is 4.79. The van der Waals surface area contributed by atoms with Crippen LogP contribution in [0.25, 0.3) is 22.2 Å². The van der Waals surface area contributed by atoms with Gasteiger partial charge < -0.3 is 0 Å². The number of halogens is 6. The van der Waals surface area contributed by atoms with E-state index in [4.69, 9.17) is 84.6 Å². The monoisotopic (exact) mass is 615 g/mol. The molecule has 0 saturated carbocycles. The standard InChI is InChI=1S/C29H15Cl6N3/c30-17-10-4-8-15-20(17)24(32)26(34)22(15)28-36-19(13-12-14-6-2-1-3-7-14)37-29(38-28)23-16-9-5-11-18(31)21(16)25(33)27(23)35/h1-13,22-23H. The van der Waals surface area contributed by atoms with E-state index in [0.29, 0.717) is 58.8 Å². The minimum Gasteiger partial charge on any atom is -0.216 e. The molecule has 2 aliphatic carbocycles. The molecule has 3 nitrogen and oxygen atoms in total. The molecule has 0 radical (unpaired) electrons. The van der Waals surface area contributed by atoms with Gasteiger partial charge in [0.05, 0.1) is 32.0 Å². The van der Waals surface area contributed by atoms with Crippen LogP contribution in [0.1, 0.15) is 57.1 Å². The Morgan fingerprint density at radius 2 is 1.03 bits per heavy atom. The molecule has 1 aromatic heterocycles. The van der Waals surface area contributed by atoms with E-state index < -0.39 is 11.8 Å². The maximum atomic E-state index is 6.79. The number of aromatic nitrogens is 3. The zero-order valence-electron chi connectivity index (χ0n) is 19.3. The number of hydrogen-bond acceptors (Lipinski definition) is 3. The summed E-state index contributed by atoms with van der Waals surface area (Å²) in [5.74, 6) is 0.218. The Balaban J connectivity index is 1.55. The number of hydrogen-bond donors (Lipinski definition) is 0. The first kappa shape index (κ1) is 25.9. The lowest BCUT2D eigenvalue weighted by molar-refractivity contribution is 0.773. The van der Waals surface area contributed by atoms with E-state index in [9.17, 15) is 0 Å². The highest BCUT2D eigenvalue weighted by Crippen LogP contribution is 2.52. The van der Waals surface area contributed by atoms with Gasteiger partial charge in [-0.3, -0.25) is 0 Å². The van der Waals surface area contributed by atoms with Crippen molar-refractivity contribution in [2.45, 2.75) is 11.8 Å². The Kier molecular flexibility index (Phi) is 7.02. The van der Waals surface area contributed by atoms with E-state index in [-0.39, 0.29) is 0 Å². The molecular formula is C29H15Cl6N3. The van der Waals surface area contributed by atoms with Crippen LogP contribution in [-0.4, -0.2) is 15.0 Å². The van der Waals surface area contributed by atoms with Gasteiger partial charge in [-0.15, -0.1) is 0 Å². The van der Waals surface area contributed by atoms with Gasteiger partial charge in [-0.2, -0.15) is 0 Å². The Morgan fingerprint density at radius 1 is 0.526 bits per heavy atom. The van der Waals surface area contributed by atoms with Gasteiger partial charge in [-0.25, -0.2) is 15.0 Å². The predicted molar refractivity (Wildman–Crippen MR) is 159 cm³/mol. The molecule has 38 heavy (non-hydrogen) atoms. The fraction of sp³-hybridized carbons (Fsp3) is 0.0690. The first-order valence-electron chi connectivity index (χ1n) is 11.5. The third-order valence-electron chi connectivity index (χ3n) is 6.51. The van der Waals surface area contributed by atoms with Gasteiger partial charge in [0.1, 0.15) is 11.6 Å². The number of rotatable bonds is 4. The summed E-state index contributed by atoms with van der Waals surface area (Å²) >= 11 is 39.8. The van der Waals surface area contributed by atoms with Crippen molar-refractivity contribution in [3.05, 3.63) is 132 Å². The van der Waals surface area contributed by atoms with Gasteiger partial charge in [0.25, 0.3) is 0 Å². The molecule has 0 bridgehead atoms. The number of allylic oxidation sites excluding steroid dienone is 2. The van der Waals surface area contributed by atoms with Crippen LogP contribution in [0.15, 0.2) is 76.8 Å². The highest BCUT2D eigenvalue weighted by atomic mass is 35.5. The molecule has 0 fully saturated rings. The lowest BCUT2D eigenvalue weighted by atomic mass is 9.98. The lowest BCUT2D eigenvalue weighted by Crippen LogP contribution is -2.14. The van der Waals surface area contributed by atoms with Crippen LogP contribution in [-0.2, 0) is 0 Å². The fourth-order valence-corrected chi connectivity index (χ4v) is 6.70. The summed E-state index contributed by atoms with van der Waals surface area (Å²) in [5.41, 5.74) is 3.98. The first-order valence-corrected chi connectivity index (χ1v) is 13.8. The van der Waals surface area contributed by atoms with Crippen LogP contribution in [0.2, 0.25) is 10.0 Å². The summed E-state index contributed by atoms with van der Waals surface area (Å²) in [4.78, 5) is 14.5. The molecule has 1 heterocycles. The molecule has 0 aliphatic heterocycles. The summed E-state index contributed by atoms with van der Waals surface area (Å²) in [6, 6.07) is 20.9. The van der Waals surface area contributed by atoms with E-state index in [2.05, 4.69) is 0 Å². The molecule has 0 spiro atoms. The lowest BCUT2D eigenvalue weighted by Gasteiger charge is -2.17. The van der Waals surface area contributed by atoms with Crippen molar-refractivity contribution in [2.24, 2.45) is 0 Å². The van der Waals surface area contributed by atoms with Gasteiger partial charge in [0.15, 0.2) is 5.82 Å². The molecule has 0 N–H and O–H groups in total. The Labute approximate surface area is 249 Å². The highest BCUT2D eigenvalue weighted by Gasteiger charge is 2.38. The van der Waals surface area contributed by atoms with Crippen molar-refractivity contribution in [1.82, 2.24) is 15.0 Å². The molecular weight excluding hydrogens is 603 g/mol. The average Bonchev–Trinajstić information content (AvgIpc) is 3.33. The van der Waals surface area contributed by atoms with Crippen LogP contribution < -0.4 is 0 Å². The first-order chi connectivity index (χ1) is 18.3. The van der Waals surface area contributed by atoms with Crippen molar-refractivity contribution >= 4 is 91.8 Å². The maximum absolute atomic E-state index is 6.79. The molecule has 3 aromatic carbocycles. The maximum Gasteiger partial charge on any atom is 0.156 e. The molecule has 0 amide bonds. The van der Waals surface area contributed by atoms with E-state index in [1.54, 1.807) is 12.1 Å². The second kappa shape index (κ2) is 10.3. The van der Waals surface area contributed by atoms with Crippen molar-refractivity contribution in [3.63, 3.8) is 0 Å². The summed E-state index contributed by atoms with van der Waals surface area (Å²) in [6.07, 6.45) is 3.75. The molecule has 9 heteroatoms. The van der Waals surface area contributed by atoms with Crippen molar-refractivity contribution in [2.75, 3.05) is 0 Å². The van der Waals surface area contributed by atoms with Crippen LogP contribution in [0.4, 0.5) is 0 Å². The van der Waals surface area contributed by atoms with E-state index >= 15 is 0 Å². The Bertz CT molecular complexity index is 1600. The third kappa shape index (κ3) is 4.36. The summed E-state index contributed by atoms with van der Waals surface area (Å²) in [6.45, 7) is 0. The van der Waals surface area contributed by atoms with Crippen molar-refractivity contribution < 1.29 is 0 Å². The summed E-state index contributed by atoms with van der Waals surface area (Å²) in [5, 5.41) is 2.53. The van der Waals surface area contributed by atoms with Gasteiger partial charge in [0.2, 0.25) is 0 Å². The van der Waals surface area contributed by atoms with E-state index in [1.165, 1.54) is 0 Å². The SMILES string of the molecule is ClC1=C(Cl)C(c2nc(C=Cc3ccccc3)nc(C3C(Cl)=C(Cl)c4c(Cl)cccc43)n2)c2cccc(Cl)c21. The second-order valence-electron chi connectivity index (χ2n) is 8.75. The van der Waals surface area contributed by atoms with Crippen LogP contribution in [0.3, 0.4) is 0 Å². The molecule has 2 unspecified atom stereocenters. The van der Waals surface area contributed by atoms with Crippen LogP contribution >= 0.6 is 69.6 Å². The normalized spacial score (nSPS) is 18.5. The smallest absolute Gasteiger partial charge is 0.156 e. The van der Waals surface area contributed by atoms with E-state index in [0.717, 1.165) is 16.7 Å². The Hall–Kier alpha value is -2.37. The highest BCUT2D eigenvalue weighted by molar-refractivity contribution is 6.58. The topological polar surface area (TPSA) is 38.7 Å². The zero-order valence-corrected chi connectivity index (χ0v) is 23.8. The summed E-state index contributed by atoms with van der Waals surface area (Å²) < 4.78 is 0. The van der Waals surface area contributed by atoms with E-state index in [1.807, 2.05) is 66.7 Å². The van der Waals surface area contributed by atoms with Gasteiger partial charge in [-0.1, -0.05) is 130 Å². The van der Waals surface area contributed by atoms with Gasteiger partial charge in [0, 0.05) is 21.2 Å². The largest absolute Gasteiger partial charge is 0.216 e. The summed E-state index contributed by atoms with van der Waals surface area (Å²) in [7, 11) is 0. The predicted octanol–water partition coefficient (Wildman–Crippen LogP) is 9.93. The zero-order chi connectivity index (χ0) is 26.6. The quantitative estimate of drug-likeness (QED) is 0.229. The molecule has 6 rings (SSSR count). The minimum atomic E-state index is -0.526. The molecule has 188 valence electrons. The number of nitrogens with zero attached hydrogens (tertiary/aromatic N) is 3. The van der Waals surface area contributed by atoms with Gasteiger partial charge >= 0.3 is 0 Å². The van der Waals surface area contributed by atoms with Crippen molar-refractivity contribution in [3.8, 4) is 0 Å². The number of fused-ring (bicyclic) bond motifs is 2. The van der Waals surface area contributed by atoms with Crippen molar-refractivity contribution in [1.29, 1.82) is 0 Å². The Morgan fingerprint density at radius 3 is 1.53 bits per heavy atom. The molecule has 2 atom stereocenters. The average molecular weight is 618 g/mol.